The van der Waals surface area contributed by atoms with Gasteiger partial charge in [-0.1, -0.05) is 12.1 Å². The average Bonchev–Trinajstić information content (AvgIpc) is 2.97. The highest BCUT2D eigenvalue weighted by molar-refractivity contribution is 7.15. The van der Waals surface area contributed by atoms with Gasteiger partial charge in [-0.2, -0.15) is 0 Å². The third-order valence-electron chi connectivity index (χ3n) is 3.33. The van der Waals surface area contributed by atoms with Crippen LogP contribution in [0.2, 0.25) is 0 Å². The Labute approximate surface area is 142 Å². The van der Waals surface area contributed by atoms with Gasteiger partial charge in [0.15, 0.2) is 0 Å². The first-order valence-electron chi connectivity index (χ1n) is 7.29. The van der Waals surface area contributed by atoms with E-state index in [9.17, 15) is 9.18 Å². The number of benzene rings is 1. The number of amides is 2. The number of aryl methyl sites for hydroxylation is 1. The van der Waals surface area contributed by atoms with Crippen LogP contribution in [0.1, 0.15) is 10.6 Å². The third kappa shape index (κ3) is 3.75. The first kappa shape index (κ1) is 16.1. The molecule has 5 nitrogen and oxygen atoms in total. The van der Waals surface area contributed by atoms with E-state index >= 15 is 0 Å². The molecule has 0 saturated carbocycles. The number of anilines is 1. The molecule has 122 valence electrons. The van der Waals surface area contributed by atoms with Crippen molar-refractivity contribution in [2.75, 3.05) is 5.32 Å². The molecule has 3 aromatic rings. The summed E-state index contributed by atoms with van der Waals surface area (Å²) >= 11 is 1.50. The number of carbonyl (C=O) groups is 1. The topological polar surface area (TPSA) is 66.9 Å². The smallest absolute Gasteiger partial charge is 0.319 e. The van der Waals surface area contributed by atoms with E-state index in [1.807, 2.05) is 19.1 Å². The quantitative estimate of drug-likeness (QED) is 0.754. The minimum Gasteiger partial charge on any atom is -0.333 e. The summed E-state index contributed by atoms with van der Waals surface area (Å²) in [5.41, 5.74) is 1.93. The van der Waals surface area contributed by atoms with Crippen LogP contribution in [-0.4, -0.2) is 16.0 Å². The molecule has 0 atom stereocenters. The maximum Gasteiger partial charge on any atom is 0.319 e. The number of nitrogens with one attached hydrogen (secondary N) is 2. The Morgan fingerprint density at radius 3 is 2.83 bits per heavy atom. The molecule has 0 radical (unpaired) electrons. The molecule has 2 amide bonds. The van der Waals surface area contributed by atoms with Gasteiger partial charge in [-0.05, 0) is 31.2 Å². The number of para-hydroxylation sites is 1. The van der Waals surface area contributed by atoms with Crippen LogP contribution >= 0.6 is 11.3 Å². The number of rotatable bonds is 4. The van der Waals surface area contributed by atoms with Gasteiger partial charge in [-0.15, -0.1) is 11.3 Å². The molecule has 1 aromatic carbocycles. The molecule has 0 aliphatic heterocycles. The Balaban J connectivity index is 1.64. The second-order valence-electron chi connectivity index (χ2n) is 5.06. The fourth-order valence-corrected chi connectivity index (χ4v) is 3.09. The van der Waals surface area contributed by atoms with E-state index in [1.54, 1.807) is 24.5 Å². The first-order chi connectivity index (χ1) is 11.6. The minimum atomic E-state index is -0.472. The molecule has 2 N–H and O–H groups in total. The predicted octanol–water partition coefficient (Wildman–Crippen LogP) is 3.97. The maximum absolute atomic E-state index is 13.5. The largest absolute Gasteiger partial charge is 0.333 e. The van der Waals surface area contributed by atoms with E-state index in [4.69, 9.17) is 0 Å². The number of urea groups is 1. The number of aromatic nitrogens is 2. The standard InChI is InChI=1S/C17H15FN4OS/c1-11-15(24-16(21-11)12-5-4-8-19-9-12)10-20-17(23)22-14-7-3-2-6-13(14)18/h2-9H,10H2,1H3,(H2,20,22,23). The van der Waals surface area contributed by atoms with Gasteiger partial charge in [0.25, 0.3) is 0 Å². The number of pyridine rings is 1. The molecule has 3 rings (SSSR count). The van der Waals surface area contributed by atoms with Crippen molar-refractivity contribution in [1.82, 2.24) is 15.3 Å². The second kappa shape index (κ2) is 7.18. The Morgan fingerprint density at radius 2 is 2.08 bits per heavy atom. The van der Waals surface area contributed by atoms with Gasteiger partial charge in [-0.25, -0.2) is 14.2 Å². The number of nitrogens with zero attached hydrogens (tertiary/aromatic N) is 2. The lowest BCUT2D eigenvalue weighted by atomic mass is 10.3. The van der Waals surface area contributed by atoms with Gasteiger partial charge in [0.05, 0.1) is 17.9 Å². The fraction of sp³-hybridized carbons (Fsp3) is 0.118. The zero-order chi connectivity index (χ0) is 16.9. The summed E-state index contributed by atoms with van der Waals surface area (Å²) in [5.74, 6) is -0.472. The Bertz CT molecular complexity index is 851. The van der Waals surface area contributed by atoms with Crippen molar-refractivity contribution in [2.45, 2.75) is 13.5 Å². The second-order valence-corrected chi connectivity index (χ2v) is 6.14. The maximum atomic E-state index is 13.5. The van der Waals surface area contributed by atoms with E-state index in [2.05, 4.69) is 20.6 Å². The molecule has 2 heterocycles. The van der Waals surface area contributed by atoms with Crippen LogP contribution in [0.25, 0.3) is 10.6 Å². The van der Waals surface area contributed by atoms with Crippen molar-refractivity contribution < 1.29 is 9.18 Å². The molecule has 0 spiro atoms. The molecule has 0 unspecified atom stereocenters. The molecule has 0 saturated heterocycles. The average molecular weight is 342 g/mol. The molecule has 0 aliphatic rings. The number of thiazole rings is 1. The highest BCUT2D eigenvalue weighted by Crippen LogP contribution is 2.27. The molecule has 24 heavy (non-hydrogen) atoms. The van der Waals surface area contributed by atoms with Crippen LogP contribution in [0.5, 0.6) is 0 Å². The van der Waals surface area contributed by atoms with Gasteiger partial charge in [-0.3, -0.25) is 4.98 Å². The molecule has 2 aromatic heterocycles. The summed E-state index contributed by atoms with van der Waals surface area (Å²) in [7, 11) is 0. The van der Waals surface area contributed by atoms with Crippen LogP contribution in [0.15, 0.2) is 48.8 Å². The molecule has 0 aliphatic carbocycles. The van der Waals surface area contributed by atoms with Crippen LogP contribution in [0.3, 0.4) is 0 Å². The highest BCUT2D eigenvalue weighted by atomic mass is 32.1. The predicted molar refractivity (Wildman–Crippen MR) is 92.3 cm³/mol. The zero-order valence-electron chi connectivity index (χ0n) is 12.9. The normalized spacial score (nSPS) is 10.4. The van der Waals surface area contributed by atoms with E-state index in [0.29, 0.717) is 6.54 Å². The fourth-order valence-electron chi connectivity index (χ4n) is 2.09. The van der Waals surface area contributed by atoms with Gasteiger partial charge in [0.2, 0.25) is 0 Å². The van der Waals surface area contributed by atoms with Crippen molar-refractivity contribution in [2.24, 2.45) is 0 Å². The number of hydrogen-bond donors (Lipinski definition) is 2. The van der Waals surface area contributed by atoms with Crippen LogP contribution in [0, 0.1) is 12.7 Å². The molecule has 0 fully saturated rings. The van der Waals surface area contributed by atoms with Crippen LogP contribution in [-0.2, 0) is 6.54 Å². The summed E-state index contributed by atoms with van der Waals surface area (Å²) in [6.45, 7) is 2.21. The van der Waals surface area contributed by atoms with Crippen molar-refractivity contribution in [3.05, 3.63) is 65.2 Å². The van der Waals surface area contributed by atoms with E-state index in [0.717, 1.165) is 21.1 Å². The summed E-state index contributed by atoms with van der Waals surface area (Å²) in [6.07, 6.45) is 3.46. The molecular formula is C17H15FN4OS. The lowest BCUT2D eigenvalue weighted by molar-refractivity contribution is 0.251. The first-order valence-corrected chi connectivity index (χ1v) is 8.11. The van der Waals surface area contributed by atoms with Gasteiger partial charge >= 0.3 is 6.03 Å². The van der Waals surface area contributed by atoms with Gasteiger partial charge < -0.3 is 10.6 Å². The Hall–Kier alpha value is -2.80. The zero-order valence-corrected chi connectivity index (χ0v) is 13.7. The summed E-state index contributed by atoms with van der Waals surface area (Å²) in [5, 5.41) is 6.06. The van der Waals surface area contributed by atoms with E-state index in [-0.39, 0.29) is 5.69 Å². The summed E-state index contributed by atoms with van der Waals surface area (Å²) < 4.78 is 13.5. The molecule has 0 bridgehead atoms. The molecular weight excluding hydrogens is 327 g/mol. The lowest BCUT2D eigenvalue weighted by Gasteiger charge is -2.07. The Kier molecular flexibility index (Phi) is 4.81. The number of halogens is 1. The Morgan fingerprint density at radius 1 is 1.25 bits per heavy atom. The summed E-state index contributed by atoms with van der Waals surface area (Å²) in [6, 6.07) is 9.36. The van der Waals surface area contributed by atoms with Crippen molar-refractivity contribution in [3.8, 4) is 10.6 Å². The lowest BCUT2D eigenvalue weighted by Crippen LogP contribution is -2.28. The van der Waals surface area contributed by atoms with Gasteiger partial charge in [0, 0.05) is 22.8 Å². The summed E-state index contributed by atoms with van der Waals surface area (Å²) in [4.78, 5) is 21.4. The van der Waals surface area contributed by atoms with Crippen LogP contribution in [0.4, 0.5) is 14.9 Å². The van der Waals surface area contributed by atoms with Crippen LogP contribution < -0.4 is 10.6 Å². The molecule has 7 heteroatoms. The highest BCUT2D eigenvalue weighted by Gasteiger charge is 2.11. The number of hydrogen-bond acceptors (Lipinski definition) is 4. The number of carbonyl (C=O) groups excluding carboxylic acids is 1. The third-order valence-corrected chi connectivity index (χ3v) is 4.54. The van der Waals surface area contributed by atoms with Gasteiger partial charge in [0.1, 0.15) is 10.8 Å². The minimum absolute atomic E-state index is 0.145. The van der Waals surface area contributed by atoms with E-state index < -0.39 is 11.8 Å². The van der Waals surface area contributed by atoms with E-state index in [1.165, 1.54) is 23.5 Å². The van der Waals surface area contributed by atoms with Crippen molar-refractivity contribution in [1.29, 1.82) is 0 Å². The van der Waals surface area contributed by atoms with Crippen molar-refractivity contribution in [3.63, 3.8) is 0 Å². The SMILES string of the molecule is Cc1nc(-c2cccnc2)sc1CNC(=O)Nc1ccccc1F. The monoisotopic (exact) mass is 342 g/mol. The van der Waals surface area contributed by atoms with Crippen molar-refractivity contribution >= 4 is 23.1 Å².